The highest BCUT2D eigenvalue weighted by Crippen LogP contribution is 2.23. The quantitative estimate of drug-likeness (QED) is 0.884. The minimum atomic E-state index is -1.00. The standard InChI is InChI=1S/C16H18N2O3/c1-3-7-13-12(16(19)20)10-17-15(18-13)14(21-2)11-8-5-4-6-9-11/h4-6,8-10,14H,3,7H2,1-2H3,(H,19,20). The maximum absolute atomic E-state index is 11.2. The highest BCUT2D eigenvalue weighted by Gasteiger charge is 2.20. The molecular formula is C16H18N2O3. The molecule has 0 saturated heterocycles. The maximum Gasteiger partial charge on any atom is 0.339 e. The van der Waals surface area contributed by atoms with Gasteiger partial charge in [0.2, 0.25) is 0 Å². The van der Waals surface area contributed by atoms with E-state index in [9.17, 15) is 9.90 Å². The van der Waals surface area contributed by atoms with Crippen molar-refractivity contribution in [1.29, 1.82) is 0 Å². The highest BCUT2D eigenvalue weighted by molar-refractivity contribution is 5.88. The van der Waals surface area contributed by atoms with Crippen LogP contribution in [0.25, 0.3) is 0 Å². The Balaban J connectivity index is 2.43. The molecule has 2 rings (SSSR count). The molecule has 1 unspecified atom stereocenters. The lowest BCUT2D eigenvalue weighted by Gasteiger charge is -2.15. The van der Waals surface area contributed by atoms with Gasteiger partial charge in [-0.15, -0.1) is 0 Å². The Bertz CT molecular complexity index is 614. The number of benzene rings is 1. The number of aromatic nitrogens is 2. The van der Waals surface area contributed by atoms with Crippen molar-refractivity contribution in [2.45, 2.75) is 25.9 Å². The van der Waals surface area contributed by atoms with Gasteiger partial charge in [-0.3, -0.25) is 0 Å². The summed E-state index contributed by atoms with van der Waals surface area (Å²) in [6, 6.07) is 9.62. The van der Waals surface area contributed by atoms with E-state index >= 15 is 0 Å². The Labute approximate surface area is 123 Å². The van der Waals surface area contributed by atoms with Crippen molar-refractivity contribution < 1.29 is 14.6 Å². The van der Waals surface area contributed by atoms with Gasteiger partial charge in [0, 0.05) is 13.3 Å². The topological polar surface area (TPSA) is 72.3 Å². The van der Waals surface area contributed by atoms with Crippen molar-refractivity contribution >= 4 is 5.97 Å². The molecule has 1 heterocycles. The van der Waals surface area contributed by atoms with Crippen molar-refractivity contribution in [3.8, 4) is 0 Å². The Morgan fingerprint density at radius 2 is 2.05 bits per heavy atom. The second kappa shape index (κ2) is 6.95. The Hall–Kier alpha value is -2.27. The van der Waals surface area contributed by atoms with E-state index in [0.29, 0.717) is 17.9 Å². The van der Waals surface area contributed by atoms with Crippen molar-refractivity contribution in [2.75, 3.05) is 7.11 Å². The number of rotatable bonds is 6. The lowest BCUT2D eigenvalue weighted by atomic mass is 10.1. The van der Waals surface area contributed by atoms with Crippen LogP contribution in [0.4, 0.5) is 0 Å². The molecule has 0 saturated carbocycles. The lowest BCUT2D eigenvalue weighted by Crippen LogP contribution is -2.13. The van der Waals surface area contributed by atoms with Crippen LogP contribution in [0.3, 0.4) is 0 Å². The molecule has 1 atom stereocenters. The largest absolute Gasteiger partial charge is 0.478 e. The number of carboxylic acids is 1. The Morgan fingerprint density at radius 3 is 2.62 bits per heavy atom. The molecule has 0 amide bonds. The molecule has 0 radical (unpaired) electrons. The van der Waals surface area contributed by atoms with Crippen LogP contribution in [-0.4, -0.2) is 28.2 Å². The van der Waals surface area contributed by atoms with E-state index in [2.05, 4.69) is 9.97 Å². The summed E-state index contributed by atoms with van der Waals surface area (Å²) < 4.78 is 5.48. The minimum Gasteiger partial charge on any atom is -0.478 e. The zero-order valence-electron chi connectivity index (χ0n) is 12.1. The molecule has 5 heteroatoms. The van der Waals surface area contributed by atoms with E-state index in [0.717, 1.165) is 12.0 Å². The summed E-state index contributed by atoms with van der Waals surface area (Å²) in [6.45, 7) is 1.98. The number of carbonyl (C=O) groups is 1. The molecule has 1 aromatic heterocycles. The summed E-state index contributed by atoms with van der Waals surface area (Å²) in [5, 5.41) is 9.18. The van der Waals surface area contributed by atoms with Gasteiger partial charge in [0.15, 0.2) is 5.82 Å². The number of hydrogen-bond donors (Lipinski definition) is 1. The number of aromatic carboxylic acids is 1. The predicted octanol–water partition coefficient (Wildman–Crippen LogP) is 2.86. The first kappa shape index (κ1) is 15.1. The molecule has 0 aliphatic carbocycles. The molecule has 2 aromatic rings. The second-order valence-electron chi connectivity index (χ2n) is 4.67. The van der Waals surface area contributed by atoms with E-state index < -0.39 is 12.1 Å². The molecule has 21 heavy (non-hydrogen) atoms. The molecule has 1 aromatic carbocycles. The maximum atomic E-state index is 11.2. The van der Waals surface area contributed by atoms with Crippen LogP contribution in [0.2, 0.25) is 0 Å². The fraction of sp³-hybridized carbons (Fsp3) is 0.312. The van der Waals surface area contributed by atoms with E-state index in [1.165, 1.54) is 6.20 Å². The molecule has 0 aliphatic rings. The van der Waals surface area contributed by atoms with E-state index in [4.69, 9.17) is 4.74 Å². The fourth-order valence-electron chi connectivity index (χ4n) is 2.18. The second-order valence-corrected chi connectivity index (χ2v) is 4.67. The van der Waals surface area contributed by atoms with Crippen LogP contribution in [0.1, 0.15) is 46.9 Å². The SMILES string of the molecule is CCCc1nc(C(OC)c2ccccc2)ncc1C(=O)O. The van der Waals surface area contributed by atoms with E-state index in [1.807, 2.05) is 37.3 Å². The van der Waals surface area contributed by atoms with Crippen LogP contribution in [0.15, 0.2) is 36.5 Å². The van der Waals surface area contributed by atoms with Crippen LogP contribution in [0.5, 0.6) is 0 Å². The smallest absolute Gasteiger partial charge is 0.339 e. The first-order valence-corrected chi connectivity index (χ1v) is 6.84. The minimum absolute atomic E-state index is 0.156. The molecule has 0 spiro atoms. The summed E-state index contributed by atoms with van der Waals surface area (Å²) in [6.07, 6.45) is 2.39. The lowest BCUT2D eigenvalue weighted by molar-refractivity contribution is 0.0693. The van der Waals surface area contributed by atoms with Crippen molar-refractivity contribution in [2.24, 2.45) is 0 Å². The van der Waals surface area contributed by atoms with E-state index in [1.54, 1.807) is 7.11 Å². The molecule has 0 fully saturated rings. The van der Waals surface area contributed by atoms with Crippen molar-refractivity contribution in [3.63, 3.8) is 0 Å². The average molecular weight is 286 g/mol. The normalized spacial score (nSPS) is 12.1. The first-order valence-electron chi connectivity index (χ1n) is 6.84. The van der Waals surface area contributed by atoms with Gasteiger partial charge in [0.25, 0.3) is 0 Å². The summed E-state index contributed by atoms with van der Waals surface area (Å²) >= 11 is 0. The van der Waals surface area contributed by atoms with Crippen LogP contribution in [0, 0.1) is 0 Å². The van der Waals surface area contributed by atoms with E-state index in [-0.39, 0.29) is 5.56 Å². The number of hydrogen-bond acceptors (Lipinski definition) is 4. The Kier molecular flexibility index (Phi) is 5.00. The zero-order valence-corrected chi connectivity index (χ0v) is 12.1. The molecule has 0 bridgehead atoms. The third-order valence-electron chi connectivity index (χ3n) is 3.18. The fourth-order valence-corrected chi connectivity index (χ4v) is 2.18. The van der Waals surface area contributed by atoms with Gasteiger partial charge in [-0.1, -0.05) is 43.7 Å². The third kappa shape index (κ3) is 3.44. The summed E-state index contributed by atoms with van der Waals surface area (Å²) in [7, 11) is 1.59. The van der Waals surface area contributed by atoms with Gasteiger partial charge in [-0.05, 0) is 12.0 Å². The predicted molar refractivity (Wildman–Crippen MR) is 78.3 cm³/mol. The number of ether oxygens (including phenoxy) is 1. The first-order chi connectivity index (χ1) is 10.2. The molecule has 5 nitrogen and oxygen atoms in total. The monoisotopic (exact) mass is 286 g/mol. The van der Waals surface area contributed by atoms with Crippen molar-refractivity contribution in [1.82, 2.24) is 9.97 Å². The summed E-state index contributed by atoms with van der Waals surface area (Å²) in [4.78, 5) is 19.8. The van der Waals surface area contributed by atoms with Crippen LogP contribution < -0.4 is 0 Å². The summed E-state index contributed by atoms with van der Waals surface area (Å²) in [5.41, 5.74) is 1.64. The third-order valence-corrected chi connectivity index (χ3v) is 3.18. The van der Waals surface area contributed by atoms with Crippen LogP contribution >= 0.6 is 0 Å². The summed E-state index contributed by atoms with van der Waals surface area (Å²) in [5.74, 6) is -0.518. The number of methoxy groups -OCH3 is 1. The van der Waals surface area contributed by atoms with Gasteiger partial charge in [0.05, 0.1) is 11.3 Å². The highest BCUT2D eigenvalue weighted by atomic mass is 16.5. The van der Waals surface area contributed by atoms with Gasteiger partial charge < -0.3 is 9.84 Å². The van der Waals surface area contributed by atoms with Crippen molar-refractivity contribution in [3.05, 3.63) is 59.2 Å². The number of nitrogens with zero attached hydrogens (tertiary/aromatic N) is 2. The number of carboxylic acid groups (broad SMARTS) is 1. The van der Waals surface area contributed by atoms with Gasteiger partial charge in [0.1, 0.15) is 6.10 Å². The van der Waals surface area contributed by atoms with Gasteiger partial charge >= 0.3 is 5.97 Å². The molecular weight excluding hydrogens is 268 g/mol. The molecule has 110 valence electrons. The molecule has 1 N–H and O–H groups in total. The average Bonchev–Trinajstić information content (AvgIpc) is 2.49. The van der Waals surface area contributed by atoms with Gasteiger partial charge in [-0.25, -0.2) is 14.8 Å². The Morgan fingerprint density at radius 1 is 1.33 bits per heavy atom. The van der Waals surface area contributed by atoms with Crippen LogP contribution in [-0.2, 0) is 11.2 Å². The number of aryl methyl sites for hydroxylation is 1. The molecule has 0 aliphatic heterocycles. The zero-order chi connectivity index (χ0) is 15.2. The van der Waals surface area contributed by atoms with Gasteiger partial charge in [-0.2, -0.15) is 0 Å².